The molecule has 108 valence electrons. The maximum atomic E-state index is 9.32. The van der Waals surface area contributed by atoms with Crippen LogP contribution in [0.15, 0.2) is 33.5 Å². The highest BCUT2D eigenvalue weighted by molar-refractivity contribution is 8.17. The van der Waals surface area contributed by atoms with Crippen molar-refractivity contribution in [3.05, 3.63) is 39.1 Å². The molecular weight excluding hydrogens is 324 g/mol. The van der Waals surface area contributed by atoms with Crippen LogP contribution in [0.4, 0.5) is 0 Å². The molecule has 1 aromatic carbocycles. The Morgan fingerprint density at radius 2 is 2.29 bits per heavy atom. The number of rotatable bonds is 3. The fraction of sp³-hybridized carbons (Fsp3) is 0.267. The normalized spacial score (nSPS) is 17.8. The number of hydrogen-bond acceptors (Lipinski definition) is 5. The van der Waals surface area contributed by atoms with E-state index in [0.29, 0.717) is 6.42 Å². The number of halogens is 1. The summed E-state index contributed by atoms with van der Waals surface area (Å²) in [7, 11) is 0. The minimum atomic E-state index is 0.154. The molecule has 0 atom stereocenters. The van der Waals surface area contributed by atoms with Crippen LogP contribution in [0.5, 0.6) is 0 Å². The average molecular weight is 337 g/mol. The Morgan fingerprint density at radius 3 is 3.14 bits per heavy atom. The number of hydrogen-bond donors (Lipinski definition) is 1. The van der Waals surface area contributed by atoms with E-state index in [2.05, 4.69) is 27.4 Å². The number of aliphatic hydroxyl groups is 1. The van der Waals surface area contributed by atoms with Crippen LogP contribution in [0, 0.1) is 0 Å². The Hall–Kier alpha value is -1.01. The van der Waals surface area contributed by atoms with Crippen molar-refractivity contribution >= 4 is 55.7 Å². The van der Waals surface area contributed by atoms with E-state index < -0.39 is 0 Å². The highest BCUT2D eigenvalue weighted by Crippen LogP contribution is 2.44. The molecule has 2 aliphatic rings. The Labute approximate surface area is 135 Å². The Bertz CT molecular complexity index is 781. The number of thiophene rings is 1. The van der Waals surface area contributed by atoms with Gasteiger partial charge in [0.15, 0.2) is 5.17 Å². The second kappa shape index (κ2) is 5.32. The molecule has 6 heteroatoms. The van der Waals surface area contributed by atoms with Crippen LogP contribution >= 0.6 is 34.7 Å². The third kappa shape index (κ3) is 2.19. The van der Waals surface area contributed by atoms with Gasteiger partial charge >= 0.3 is 0 Å². The molecule has 0 spiro atoms. The third-order valence-electron chi connectivity index (χ3n) is 3.67. The molecule has 3 heterocycles. The van der Waals surface area contributed by atoms with Gasteiger partial charge in [0.05, 0.1) is 22.0 Å². The summed E-state index contributed by atoms with van der Waals surface area (Å²) in [5.74, 6) is 0. The van der Waals surface area contributed by atoms with Crippen molar-refractivity contribution in [2.75, 3.05) is 19.7 Å². The molecule has 0 unspecified atom stereocenters. The lowest BCUT2D eigenvalue weighted by Gasteiger charge is -2.18. The van der Waals surface area contributed by atoms with E-state index in [-0.39, 0.29) is 6.61 Å². The van der Waals surface area contributed by atoms with Crippen molar-refractivity contribution in [2.45, 2.75) is 6.42 Å². The maximum Gasteiger partial charge on any atom is 0.168 e. The molecule has 3 nitrogen and oxygen atoms in total. The number of nitrogens with zero attached hydrogens (tertiary/aromatic N) is 2. The van der Waals surface area contributed by atoms with Crippen LogP contribution in [0.1, 0.15) is 12.0 Å². The lowest BCUT2D eigenvalue weighted by Crippen LogP contribution is -2.20. The van der Waals surface area contributed by atoms with Gasteiger partial charge < -0.3 is 10.0 Å². The van der Waals surface area contributed by atoms with E-state index >= 15 is 0 Å². The highest BCUT2D eigenvalue weighted by Gasteiger charge is 2.32. The molecule has 2 aliphatic heterocycles. The van der Waals surface area contributed by atoms with E-state index in [9.17, 15) is 5.11 Å². The summed E-state index contributed by atoms with van der Waals surface area (Å²) in [6, 6.07) is 6.32. The summed E-state index contributed by atoms with van der Waals surface area (Å²) in [6.45, 7) is 1.90. The van der Waals surface area contributed by atoms with E-state index in [1.807, 2.05) is 6.07 Å². The van der Waals surface area contributed by atoms with Crippen molar-refractivity contribution in [3.63, 3.8) is 0 Å². The minimum Gasteiger partial charge on any atom is -0.396 e. The fourth-order valence-electron chi connectivity index (χ4n) is 2.79. The molecule has 0 saturated carbocycles. The topological polar surface area (TPSA) is 35.8 Å². The van der Waals surface area contributed by atoms with Crippen LogP contribution in [0.25, 0.3) is 15.8 Å². The molecular formula is C15H13ClN2OS2. The van der Waals surface area contributed by atoms with Gasteiger partial charge in [0.1, 0.15) is 0 Å². The predicted molar refractivity (Wildman–Crippen MR) is 92.1 cm³/mol. The van der Waals surface area contributed by atoms with Crippen LogP contribution in [-0.2, 0) is 0 Å². The smallest absolute Gasteiger partial charge is 0.168 e. The average Bonchev–Trinajstić information content (AvgIpc) is 3.13. The molecule has 0 radical (unpaired) electrons. The maximum absolute atomic E-state index is 9.32. The van der Waals surface area contributed by atoms with Crippen molar-refractivity contribution in [1.82, 2.24) is 4.90 Å². The van der Waals surface area contributed by atoms with E-state index in [4.69, 9.17) is 11.6 Å². The molecule has 1 aromatic heterocycles. The van der Waals surface area contributed by atoms with Gasteiger partial charge in [-0.2, -0.15) is 0 Å². The summed E-state index contributed by atoms with van der Waals surface area (Å²) in [5, 5.41) is 14.4. The van der Waals surface area contributed by atoms with Crippen LogP contribution in [0.3, 0.4) is 0 Å². The van der Waals surface area contributed by atoms with Gasteiger partial charge in [-0.15, -0.1) is 11.3 Å². The molecule has 0 aliphatic carbocycles. The molecule has 0 saturated heterocycles. The standard InChI is InChI=1S/C15H13ClN2OS2/c16-11-8-10(7-9-2-6-20-14(9)11)13-12(1-5-19)21-15-17-3-4-18(13)15/h2,6-8,19H,1,3-5H2. The SMILES string of the molecule is OCCC1=C(c2cc(Cl)c3sccc3c2)N2CCN=C2S1. The number of fused-ring (bicyclic) bond motifs is 2. The number of thioether (sulfide) groups is 1. The van der Waals surface area contributed by atoms with E-state index in [1.165, 1.54) is 16.0 Å². The number of amidine groups is 1. The summed E-state index contributed by atoms with van der Waals surface area (Å²) < 4.78 is 1.13. The van der Waals surface area contributed by atoms with Crippen molar-refractivity contribution in [1.29, 1.82) is 0 Å². The number of aliphatic hydroxyl groups excluding tert-OH is 1. The largest absolute Gasteiger partial charge is 0.396 e. The van der Waals surface area contributed by atoms with Gasteiger partial charge in [-0.1, -0.05) is 23.4 Å². The second-order valence-electron chi connectivity index (χ2n) is 4.96. The lowest BCUT2D eigenvalue weighted by atomic mass is 10.1. The first kappa shape index (κ1) is 13.6. The van der Waals surface area contributed by atoms with Crippen LogP contribution in [0.2, 0.25) is 5.02 Å². The number of aliphatic imine (C=N–C) groups is 1. The first-order valence-electron chi connectivity index (χ1n) is 6.79. The van der Waals surface area contributed by atoms with Crippen LogP contribution in [-0.4, -0.2) is 34.9 Å². The van der Waals surface area contributed by atoms with Gasteiger partial charge in [0, 0.05) is 30.0 Å². The molecule has 0 bridgehead atoms. The fourth-order valence-corrected chi connectivity index (χ4v) is 5.13. The van der Waals surface area contributed by atoms with Crippen molar-refractivity contribution in [3.8, 4) is 0 Å². The van der Waals surface area contributed by atoms with Gasteiger partial charge in [0.2, 0.25) is 0 Å². The Morgan fingerprint density at radius 1 is 1.38 bits per heavy atom. The molecule has 4 rings (SSSR count). The Kier molecular flexibility index (Phi) is 3.46. The zero-order valence-electron chi connectivity index (χ0n) is 11.2. The van der Waals surface area contributed by atoms with Gasteiger partial charge in [-0.05, 0) is 29.0 Å². The molecule has 2 aromatic rings. The highest BCUT2D eigenvalue weighted by atomic mass is 35.5. The quantitative estimate of drug-likeness (QED) is 0.919. The summed E-state index contributed by atoms with van der Waals surface area (Å²) >= 11 is 9.77. The van der Waals surface area contributed by atoms with Crippen LogP contribution < -0.4 is 0 Å². The Balaban J connectivity index is 1.87. The number of benzene rings is 1. The lowest BCUT2D eigenvalue weighted by molar-refractivity contribution is 0.301. The predicted octanol–water partition coefficient (Wildman–Crippen LogP) is 4.02. The second-order valence-corrected chi connectivity index (χ2v) is 7.35. The van der Waals surface area contributed by atoms with E-state index in [1.54, 1.807) is 23.1 Å². The first-order valence-corrected chi connectivity index (χ1v) is 8.86. The van der Waals surface area contributed by atoms with Crippen molar-refractivity contribution < 1.29 is 5.11 Å². The van der Waals surface area contributed by atoms with Crippen molar-refractivity contribution in [2.24, 2.45) is 4.99 Å². The summed E-state index contributed by atoms with van der Waals surface area (Å²) in [5.41, 5.74) is 2.29. The molecule has 1 N–H and O–H groups in total. The monoisotopic (exact) mass is 336 g/mol. The summed E-state index contributed by atoms with van der Waals surface area (Å²) in [4.78, 5) is 7.96. The molecule has 0 amide bonds. The molecule has 0 fully saturated rings. The summed E-state index contributed by atoms with van der Waals surface area (Å²) in [6.07, 6.45) is 0.662. The zero-order valence-corrected chi connectivity index (χ0v) is 13.6. The van der Waals surface area contributed by atoms with Gasteiger partial charge in [-0.3, -0.25) is 4.99 Å². The zero-order chi connectivity index (χ0) is 14.4. The van der Waals surface area contributed by atoms with E-state index in [0.717, 1.165) is 33.5 Å². The first-order chi connectivity index (χ1) is 10.3. The molecule has 21 heavy (non-hydrogen) atoms. The minimum absolute atomic E-state index is 0.154. The third-order valence-corrected chi connectivity index (χ3v) is 6.22. The van der Waals surface area contributed by atoms with Gasteiger partial charge in [0.25, 0.3) is 0 Å². The van der Waals surface area contributed by atoms with Gasteiger partial charge in [-0.25, -0.2) is 0 Å².